The van der Waals surface area contributed by atoms with Crippen LogP contribution in [0.2, 0.25) is 0 Å². The van der Waals surface area contributed by atoms with Gasteiger partial charge in [-0.1, -0.05) is 42.5 Å². The highest BCUT2D eigenvalue weighted by Gasteiger charge is 2.18. The number of nitrogens with one attached hydrogen (secondary N) is 2. The van der Waals surface area contributed by atoms with Crippen molar-refractivity contribution in [3.63, 3.8) is 0 Å². The van der Waals surface area contributed by atoms with Gasteiger partial charge in [-0.15, -0.1) is 0 Å². The highest BCUT2D eigenvalue weighted by atomic mass is 32.2. The van der Waals surface area contributed by atoms with Crippen molar-refractivity contribution < 1.29 is 27.4 Å². The zero-order valence-corrected chi connectivity index (χ0v) is 21.6. The first-order chi connectivity index (χ1) is 18.4. The van der Waals surface area contributed by atoms with E-state index in [9.17, 15) is 13.2 Å². The molecule has 0 aliphatic carbocycles. The Morgan fingerprint density at radius 1 is 0.868 bits per heavy atom. The van der Waals surface area contributed by atoms with E-state index in [1.807, 2.05) is 30.3 Å². The SMILES string of the molecule is COc1cc(NS(=O)(=O)c2ccc(NC(=O)c3ccccc3OCCc3ccccc3)cc2)nc(OC)n1. The van der Waals surface area contributed by atoms with Gasteiger partial charge in [-0.2, -0.15) is 9.97 Å². The van der Waals surface area contributed by atoms with E-state index >= 15 is 0 Å². The summed E-state index contributed by atoms with van der Waals surface area (Å²) in [7, 11) is -1.24. The molecule has 196 valence electrons. The molecular weight excluding hydrogens is 508 g/mol. The molecule has 4 aromatic rings. The van der Waals surface area contributed by atoms with Crippen molar-refractivity contribution in [3.05, 3.63) is 96.1 Å². The standard InChI is InChI=1S/C27H26N4O6S/c1-35-25-18-24(29-27(30-25)36-2)31-38(33,34)21-14-12-20(13-15-21)28-26(32)22-10-6-7-11-23(22)37-17-16-19-8-4-3-5-9-19/h3-15,18H,16-17H2,1-2H3,(H,28,32)(H,29,30,31). The summed E-state index contributed by atoms with van der Waals surface area (Å²) in [5, 5.41) is 2.78. The molecule has 0 saturated carbocycles. The highest BCUT2D eigenvalue weighted by Crippen LogP contribution is 2.23. The van der Waals surface area contributed by atoms with E-state index in [0.29, 0.717) is 30.0 Å². The molecule has 0 aliphatic rings. The second kappa shape index (κ2) is 12.1. The number of hydrogen-bond acceptors (Lipinski definition) is 8. The zero-order chi connectivity index (χ0) is 27.0. The van der Waals surface area contributed by atoms with Crippen molar-refractivity contribution in [3.8, 4) is 17.6 Å². The lowest BCUT2D eigenvalue weighted by Crippen LogP contribution is -2.16. The van der Waals surface area contributed by atoms with Crippen LogP contribution in [0.25, 0.3) is 0 Å². The van der Waals surface area contributed by atoms with E-state index in [4.69, 9.17) is 14.2 Å². The fourth-order valence-corrected chi connectivity index (χ4v) is 4.46. The Hall–Kier alpha value is -4.64. The van der Waals surface area contributed by atoms with E-state index in [-0.39, 0.29) is 28.5 Å². The van der Waals surface area contributed by atoms with E-state index < -0.39 is 10.0 Å². The van der Waals surface area contributed by atoms with Crippen molar-refractivity contribution >= 4 is 27.4 Å². The largest absolute Gasteiger partial charge is 0.492 e. The molecule has 0 bridgehead atoms. The van der Waals surface area contributed by atoms with Gasteiger partial charge < -0.3 is 19.5 Å². The van der Waals surface area contributed by atoms with Gasteiger partial charge in [0.2, 0.25) is 5.88 Å². The molecule has 10 nitrogen and oxygen atoms in total. The fraction of sp³-hybridized carbons (Fsp3) is 0.148. The molecule has 0 radical (unpaired) electrons. The fourth-order valence-electron chi connectivity index (χ4n) is 3.47. The van der Waals surface area contributed by atoms with Gasteiger partial charge in [0.05, 0.1) is 31.3 Å². The first-order valence-electron chi connectivity index (χ1n) is 11.5. The number of ether oxygens (including phenoxy) is 3. The Balaban J connectivity index is 1.41. The molecule has 0 spiro atoms. The summed E-state index contributed by atoms with van der Waals surface area (Å²) in [5.74, 6) is 0.196. The summed E-state index contributed by atoms with van der Waals surface area (Å²) in [6.07, 6.45) is 0.704. The molecule has 38 heavy (non-hydrogen) atoms. The second-order valence-electron chi connectivity index (χ2n) is 7.95. The maximum atomic E-state index is 13.0. The third-order valence-electron chi connectivity index (χ3n) is 5.36. The van der Waals surface area contributed by atoms with Crippen LogP contribution in [0, 0.1) is 0 Å². The second-order valence-corrected chi connectivity index (χ2v) is 9.63. The average Bonchev–Trinajstić information content (AvgIpc) is 2.93. The van der Waals surface area contributed by atoms with Crippen LogP contribution >= 0.6 is 0 Å². The molecule has 1 aromatic heterocycles. The van der Waals surface area contributed by atoms with Crippen LogP contribution in [0.3, 0.4) is 0 Å². The Morgan fingerprint density at radius 2 is 1.58 bits per heavy atom. The van der Waals surface area contributed by atoms with Crippen LogP contribution in [0.1, 0.15) is 15.9 Å². The molecule has 0 saturated heterocycles. The van der Waals surface area contributed by atoms with Gasteiger partial charge in [-0.3, -0.25) is 9.52 Å². The Labute approximate surface area is 220 Å². The number of anilines is 2. The number of aromatic nitrogens is 2. The van der Waals surface area contributed by atoms with Crippen LogP contribution in [0.15, 0.2) is 89.8 Å². The monoisotopic (exact) mass is 534 g/mol. The minimum Gasteiger partial charge on any atom is -0.492 e. The van der Waals surface area contributed by atoms with Gasteiger partial charge in [0.1, 0.15) is 5.75 Å². The van der Waals surface area contributed by atoms with Crippen LogP contribution in [0.4, 0.5) is 11.5 Å². The Bertz CT molecular complexity index is 1470. The number of amides is 1. The zero-order valence-electron chi connectivity index (χ0n) is 20.7. The highest BCUT2D eigenvalue weighted by molar-refractivity contribution is 7.92. The van der Waals surface area contributed by atoms with Crippen molar-refractivity contribution in [1.82, 2.24) is 9.97 Å². The van der Waals surface area contributed by atoms with Crippen molar-refractivity contribution in [2.45, 2.75) is 11.3 Å². The summed E-state index contributed by atoms with van der Waals surface area (Å²) in [4.78, 5) is 20.8. The lowest BCUT2D eigenvalue weighted by Gasteiger charge is -2.12. The minimum absolute atomic E-state index is 0.0186. The van der Waals surface area contributed by atoms with E-state index in [1.165, 1.54) is 44.6 Å². The van der Waals surface area contributed by atoms with Gasteiger partial charge in [-0.25, -0.2) is 8.42 Å². The van der Waals surface area contributed by atoms with Crippen LogP contribution in [0.5, 0.6) is 17.6 Å². The van der Waals surface area contributed by atoms with Crippen LogP contribution in [-0.4, -0.2) is 45.1 Å². The van der Waals surface area contributed by atoms with Crippen LogP contribution in [-0.2, 0) is 16.4 Å². The van der Waals surface area contributed by atoms with Gasteiger partial charge in [-0.05, 0) is 42.0 Å². The average molecular weight is 535 g/mol. The first kappa shape index (κ1) is 26.4. The lowest BCUT2D eigenvalue weighted by atomic mass is 10.1. The van der Waals surface area contributed by atoms with Gasteiger partial charge in [0.25, 0.3) is 15.9 Å². The number of hydrogen-bond donors (Lipinski definition) is 2. The predicted octanol–water partition coefficient (Wildman–Crippen LogP) is 4.17. The minimum atomic E-state index is -3.98. The molecular formula is C27H26N4O6S. The molecule has 2 N–H and O–H groups in total. The number of para-hydroxylation sites is 1. The molecule has 1 amide bonds. The number of methoxy groups -OCH3 is 2. The van der Waals surface area contributed by atoms with Crippen LogP contribution < -0.4 is 24.2 Å². The maximum Gasteiger partial charge on any atom is 0.321 e. The number of carbonyl (C=O) groups is 1. The summed E-state index contributed by atoms with van der Waals surface area (Å²) in [5.41, 5.74) is 1.92. The molecule has 0 aliphatic heterocycles. The Morgan fingerprint density at radius 3 is 2.29 bits per heavy atom. The summed E-state index contributed by atoms with van der Waals surface area (Å²) in [6.45, 7) is 0.415. The molecule has 0 unspecified atom stereocenters. The molecule has 0 atom stereocenters. The van der Waals surface area contributed by atoms with Gasteiger partial charge in [0.15, 0.2) is 5.82 Å². The third kappa shape index (κ3) is 6.77. The van der Waals surface area contributed by atoms with Crippen molar-refractivity contribution in [2.75, 3.05) is 30.9 Å². The smallest absolute Gasteiger partial charge is 0.321 e. The molecule has 3 aromatic carbocycles. The molecule has 1 heterocycles. The number of rotatable bonds is 11. The summed E-state index contributed by atoms with van der Waals surface area (Å²) >= 11 is 0. The van der Waals surface area contributed by atoms with Crippen molar-refractivity contribution in [1.29, 1.82) is 0 Å². The molecule has 4 rings (SSSR count). The van der Waals surface area contributed by atoms with Gasteiger partial charge >= 0.3 is 6.01 Å². The molecule has 0 fully saturated rings. The topological polar surface area (TPSA) is 129 Å². The number of benzene rings is 3. The van der Waals surface area contributed by atoms with Gasteiger partial charge in [0, 0.05) is 18.2 Å². The van der Waals surface area contributed by atoms with E-state index in [1.54, 1.807) is 24.3 Å². The summed E-state index contributed by atoms with van der Waals surface area (Å²) in [6, 6.07) is 23.9. The lowest BCUT2D eigenvalue weighted by molar-refractivity contribution is 0.102. The Kier molecular flexibility index (Phi) is 8.39. The number of nitrogens with zero attached hydrogens (tertiary/aromatic N) is 2. The normalized spacial score (nSPS) is 10.9. The van der Waals surface area contributed by atoms with Crippen molar-refractivity contribution in [2.24, 2.45) is 0 Å². The number of sulfonamides is 1. The maximum absolute atomic E-state index is 13.0. The quantitative estimate of drug-likeness (QED) is 0.293. The summed E-state index contributed by atoms with van der Waals surface area (Å²) < 4.78 is 43.9. The first-order valence-corrected chi connectivity index (χ1v) is 13.0. The number of carbonyl (C=O) groups excluding carboxylic acids is 1. The van der Waals surface area contributed by atoms with E-state index in [2.05, 4.69) is 20.0 Å². The third-order valence-corrected chi connectivity index (χ3v) is 6.73. The molecule has 11 heteroatoms. The van der Waals surface area contributed by atoms with E-state index in [0.717, 1.165) is 5.56 Å². The predicted molar refractivity (Wildman–Crippen MR) is 142 cm³/mol.